The smallest absolute Gasteiger partial charge is 0.125 e. The molecule has 0 heterocycles. The molecule has 2 atom stereocenters. The summed E-state index contributed by atoms with van der Waals surface area (Å²) in [4.78, 5) is 0.830. The first-order valence-electron chi connectivity index (χ1n) is 5.49. The molecule has 0 bridgehead atoms. The molecule has 0 saturated carbocycles. The van der Waals surface area contributed by atoms with Crippen molar-refractivity contribution < 1.29 is 4.21 Å². The van der Waals surface area contributed by atoms with Crippen LogP contribution in [0.5, 0.6) is 0 Å². The third kappa shape index (κ3) is 4.29. The molecule has 0 radical (unpaired) electrons. The maximum absolute atomic E-state index is 11.9. The number of nitrogens with one attached hydrogen (secondary N) is 1. The van der Waals surface area contributed by atoms with Gasteiger partial charge in [-0.15, -0.1) is 6.58 Å². The average molecular weight is 237 g/mol. The average Bonchev–Trinajstić information content (AvgIpc) is 2.27. The molecule has 88 valence electrons. The fourth-order valence-electron chi connectivity index (χ4n) is 1.34. The van der Waals surface area contributed by atoms with Crippen LogP contribution >= 0.6 is 0 Å². The van der Waals surface area contributed by atoms with E-state index < -0.39 is 11.0 Å². The predicted molar refractivity (Wildman–Crippen MR) is 69.6 cm³/mol. The minimum absolute atomic E-state index is 0.236. The maximum Gasteiger partial charge on any atom is 0.125 e. The Kier molecular flexibility index (Phi) is 5.43. The number of rotatable bonds is 6. The summed E-state index contributed by atoms with van der Waals surface area (Å²) < 4.78 is 15.0. The van der Waals surface area contributed by atoms with Crippen molar-refractivity contribution in [3.05, 3.63) is 42.5 Å². The first kappa shape index (κ1) is 13.1. The lowest BCUT2D eigenvalue weighted by Gasteiger charge is -2.12. The van der Waals surface area contributed by atoms with Crippen LogP contribution < -0.4 is 4.72 Å². The summed E-state index contributed by atoms with van der Waals surface area (Å²) in [6.07, 6.45) is 3.79. The summed E-state index contributed by atoms with van der Waals surface area (Å²) in [5.41, 5.74) is 1.18. The zero-order valence-corrected chi connectivity index (χ0v) is 10.7. The minimum atomic E-state index is -1.11. The zero-order valence-electron chi connectivity index (χ0n) is 9.90. The van der Waals surface area contributed by atoms with E-state index in [4.69, 9.17) is 0 Å². The number of allylic oxidation sites excluding steroid dienone is 1. The van der Waals surface area contributed by atoms with E-state index in [1.54, 1.807) is 0 Å². The summed E-state index contributed by atoms with van der Waals surface area (Å²) in [6, 6.07) is 7.99. The number of hydrogen-bond acceptors (Lipinski definition) is 1. The van der Waals surface area contributed by atoms with Crippen LogP contribution in [0.1, 0.15) is 25.3 Å². The van der Waals surface area contributed by atoms with Gasteiger partial charge in [0.2, 0.25) is 0 Å². The Labute approximate surface area is 100 Å². The van der Waals surface area contributed by atoms with Gasteiger partial charge in [0.25, 0.3) is 0 Å². The molecular formula is C13H19NOS. The fraction of sp³-hybridized carbons (Fsp3) is 0.385. The highest BCUT2D eigenvalue weighted by atomic mass is 32.2. The van der Waals surface area contributed by atoms with Gasteiger partial charge in [0.15, 0.2) is 0 Å². The van der Waals surface area contributed by atoms with Crippen LogP contribution in [0.25, 0.3) is 0 Å². The van der Waals surface area contributed by atoms with Gasteiger partial charge in [-0.25, -0.2) is 8.93 Å². The molecule has 0 saturated heterocycles. The molecule has 0 aliphatic rings. The van der Waals surface area contributed by atoms with Gasteiger partial charge in [-0.1, -0.05) is 23.8 Å². The van der Waals surface area contributed by atoms with Gasteiger partial charge >= 0.3 is 0 Å². The molecule has 1 N–H and O–H groups in total. The van der Waals surface area contributed by atoms with Gasteiger partial charge in [0.05, 0.1) is 4.90 Å². The normalized spacial score (nSPS) is 14.4. The molecule has 3 heteroatoms. The second-order valence-corrected chi connectivity index (χ2v) is 5.21. The van der Waals surface area contributed by atoms with Crippen molar-refractivity contribution in [2.24, 2.45) is 0 Å². The van der Waals surface area contributed by atoms with Gasteiger partial charge in [0, 0.05) is 6.04 Å². The summed E-state index contributed by atoms with van der Waals surface area (Å²) in [5, 5.41) is 0. The molecule has 0 aromatic heterocycles. The van der Waals surface area contributed by atoms with Crippen LogP contribution in [-0.4, -0.2) is 10.3 Å². The minimum Gasteiger partial charge on any atom is -0.237 e. The van der Waals surface area contributed by atoms with E-state index in [0.717, 1.165) is 17.7 Å². The fourth-order valence-corrected chi connectivity index (χ4v) is 2.34. The van der Waals surface area contributed by atoms with E-state index in [-0.39, 0.29) is 6.04 Å². The summed E-state index contributed by atoms with van der Waals surface area (Å²) in [6.45, 7) is 7.73. The molecule has 2 nitrogen and oxygen atoms in total. The second kappa shape index (κ2) is 6.61. The molecule has 16 heavy (non-hydrogen) atoms. The van der Waals surface area contributed by atoms with E-state index in [0.29, 0.717) is 0 Å². The third-order valence-electron chi connectivity index (χ3n) is 2.35. The van der Waals surface area contributed by atoms with Crippen molar-refractivity contribution in [2.45, 2.75) is 37.6 Å². The highest BCUT2D eigenvalue weighted by Gasteiger charge is 2.07. The molecule has 1 aromatic carbocycles. The molecule has 0 aliphatic heterocycles. The van der Waals surface area contributed by atoms with Gasteiger partial charge in [-0.05, 0) is 38.8 Å². The largest absolute Gasteiger partial charge is 0.237 e. The van der Waals surface area contributed by atoms with Crippen LogP contribution in [0.15, 0.2) is 41.8 Å². The van der Waals surface area contributed by atoms with Crippen molar-refractivity contribution in [1.29, 1.82) is 0 Å². The van der Waals surface area contributed by atoms with E-state index in [1.165, 1.54) is 5.56 Å². The van der Waals surface area contributed by atoms with E-state index in [1.807, 2.05) is 44.2 Å². The van der Waals surface area contributed by atoms with Crippen molar-refractivity contribution in [1.82, 2.24) is 4.72 Å². The van der Waals surface area contributed by atoms with Crippen LogP contribution in [0.3, 0.4) is 0 Å². The first-order valence-corrected chi connectivity index (χ1v) is 6.64. The molecule has 0 fully saturated rings. The Balaban J connectivity index is 2.51. The van der Waals surface area contributed by atoms with Gasteiger partial charge in [0.1, 0.15) is 11.0 Å². The quantitative estimate of drug-likeness (QED) is 0.757. The van der Waals surface area contributed by atoms with Gasteiger partial charge in [-0.2, -0.15) is 0 Å². The summed E-state index contributed by atoms with van der Waals surface area (Å²) >= 11 is 0. The Bertz CT molecular complexity index is 359. The van der Waals surface area contributed by atoms with E-state index in [2.05, 4.69) is 11.3 Å². The molecule has 0 amide bonds. The van der Waals surface area contributed by atoms with E-state index in [9.17, 15) is 4.21 Å². The molecule has 1 rings (SSSR count). The first-order chi connectivity index (χ1) is 7.63. The van der Waals surface area contributed by atoms with Crippen LogP contribution in [-0.2, 0) is 11.0 Å². The highest BCUT2D eigenvalue weighted by molar-refractivity contribution is 7.83. The monoisotopic (exact) mass is 237 g/mol. The molecule has 0 aliphatic carbocycles. The molecule has 0 spiro atoms. The lowest BCUT2D eigenvalue weighted by atomic mass is 10.2. The number of aryl methyl sites for hydroxylation is 1. The van der Waals surface area contributed by atoms with Gasteiger partial charge < -0.3 is 0 Å². The third-order valence-corrected chi connectivity index (χ3v) is 3.66. The maximum atomic E-state index is 11.9. The number of benzene rings is 1. The Morgan fingerprint density at radius 3 is 2.62 bits per heavy atom. The lowest BCUT2D eigenvalue weighted by Crippen LogP contribution is -2.27. The molecule has 0 unspecified atom stereocenters. The number of hydrogen-bond donors (Lipinski definition) is 1. The highest BCUT2D eigenvalue weighted by Crippen LogP contribution is 2.08. The standard InChI is InChI=1S/C13H19NOS/c1-4-5-6-12(3)14-16(15)13-9-7-11(2)8-10-13/h4,7-10,12,14H,1,5-6H2,2-3H3/t12-,16-/m0/s1. The zero-order chi connectivity index (χ0) is 12.0. The van der Waals surface area contributed by atoms with E-state index >= 15 is 0 Å². The SMILES string of the molecule is C=CCC[C@H](C)N[S@@](=O)c1ccc(C)cc1. The van der Waals surface area contributed by atoms with Crippen molar-refractivity contribution in [3.63, 3.8) is 0 Å². The van der Waals surface area contributed by atoms with Crippen LogP contribution in [0.4, 0.5) is 0 Å². The summed E-state index contributed by atoms with van der Waals surface area (Å²) in [5.74, 6) is 0. The summed E-state index contributed by atoms with van der Waals surface area (Å²) in [7, 11) is -1.11. The van der Waals surface area contributed by atoms with Crippen molar-refractivity contribution in [3.8, 4) is 0 Å². The van der Waals surface area contributed by atoms with Crippen molar-refractivity contribution >= 4 is 11.0 Å². The van der Waals surface area contributed by atoms with Crippen LogP contribution in [0.2, 0.25) is 0 Å². The van der Waals surface area contributed by atoms with Crippen LogP contribution in [0, 0.1) is 6.92 Å². The topological polar surface area (TPSA) is 29.1 Å². The second-order valence-electron chi connectivity index (χ2n) is 3.97. The Hall–Kier alpha value is -0.930. The lowest BCUT2D eigenvalue weighted by molar-refractivity contribution is 0.606. The molecular weight excluding hydrogens is 218 g/mol. The van der Waals surface area contributed by atoms with Crippen molar-refractivity contribution in [2.75, 3.05) is 0 Å². The Morgan fingerprint density at radius 1 is 1.44 bits per heavy atom. The molecule has 1 aromatic rings. The van der Waals surface area contributed by atoms with Gasteiger partial charge in [-0.3, -0.25) is 0 Å². The predicted octanol–water partition coefficient (Wildman–Crippen LogP) is 2.96. The Morgan fingerprint density at radius 2 is 2.06 bits per heavy atom.